The summed E-state index contributed by atoms with van der Waals surface area (Å²) >= 11 is 2.26. The van der Waals surface area contributed by atoms with Crippen molar-refractivity contribution < 1.29 is 32.6 Å². The number of ether oxygens (including phenoxy) is 4. The van der Waals surface area contributed by atoms with E-state index in [2.05, 4.69) is 27.7 Å². The second-order valence-electron chi connectivity index (χ2n) is 9.05. The van der Waals surface area contributed by atoms with E-state index in [9.17, 15) is 4.57 Å². The Hall–Kier alpha value is -1.66. The van der Waals surface area contributed by atoms with E-state index in [0.717, 1.165) is 16.7 Å². The van der Waals surface area contributed by atoms with E-state index in [0.29, 0.717) is 19.8 Å². The van der Waals surface area contributed by atoms with Gasteiger partial charge in [-0.1, -0.05) is 114 Å². The molecule has 0 amide bonds. The predicted molar refractivity (Wildman–Crippen MR) is 157 cm³/mol. The van der Waals surface area contributed by atoms with Crippen LogP contribution in [-0.2, 0) is 52.4 Å². The van der Waals surface area contributed by atoms with Crippen LogP contribution in [0.25, 0.3) is 0 Å². The molecule has 0 aromatic heterocycles. The molecular weight excluding hydrogens is 632 g/mol. The molecular formula is C29H35INO7P. The number of benzene rings is 3. The van der Waals surface area contributed by atoms with E-state index in [1.54, 1.807) is 0 Å². The van der Waals surface area contributed by atoms with Crippen molar-refractivity contribution in [3.63, 3.8) is 0 Å². The van der Waals surface area contributed by atoms with Gasteiger partial charge in [0, 0.05) is 14.2 Å². The summed E-state index contributed by atoms with van der Waals surface area (Å²) in [7, 11) is -0.928. The summed E-state index contributed by atoms with van der Waals surface area (Å²) in [5.41, 5.74) is 3.13. The van der Waals surface area contributed by atoms with Gasteiger partial charge in [0.1, 0.15) is 24.5 Å². The third kappa shape index (κ3) is 8.91. The Morgan fingerprint density at radius 2 is 1.21 bits per heavy atom. The molecule has 5 atom stereocenters. The highest BCUT2D eigenvalue weighted by Gasteiger charge is 2.48. The minimum absolute atomic E-state index is 0.241. The van der Waals surface area contributed by atoms with Gasteiger partial charge in [-0.25, -0.2) is 4.57 Å². The lowest BCUT2D eigenvalue weighted by atomic mass is 10.00. The zero-order valence-electron chi connectivity index (χ0n) is 22.1. The summed E-state index contributed by atoms with van der Waals surface area (Å²) < 4.78 is 48.5. The maximum absolute atomic E-state index is 13.0. The van der Waals surface area contributed by atoms with E-state index in [1.165, 1.54) is 14.2 Å². The normalized spacial score (nSPS) is 23.5. The fourth-order valence-corrected chi connectivity index (χ4v) is 6.41. The first-order chi connectivity index (χ1) is 19.0. The topological polar surface area (TPSA) is 84.5 Å². The molecule has 8 nitrogen and oxygen atoms in total. The fourth-order valence-electron chi connectivity index (χ4n) is 4.27. The summed E-state index contributed by atoms with van der Waals surface area (Å²) in [6.45, 7) is 1.42. The van der Waals surface area contributed by atoms with Gasteiger partial charge < -0.3 is 28.0 Å². The van der Waals surface area contributed by atoms with Gasteiger partial charge in [0.15, 0.2) is 0 Å². The molecule has 10 heteroatoms. The van der Waals surface area contributed by atoms with Crippen LogP contribution in [0.3, 0.4) is 0 Å². The van der Waals surface area contributed by atoms with Gasteiger partial charge in [-0.2, -0.15) is 5.09 Å². The molecule has 0 unspecified atom stereocenters. The molecule has 1 N–H and O–H groups in total. The Bertz CT molecular complexity index is 1150. The Balaban J connectivity index is 1.57. The van der Waals surface area contributed by atoms with Crippen LogP contribution < -0.4 is 5.09 Å². The van der Waals surface area contributed by atoms with Crippen molar-refractivity contribution in [2.45, 2.75) is 48.3 Å². The van der Waals surface area contributed by atoms with Gasteiger partial charge in [0.25, 0.3) is 0 Å². The number of alkyl halides is 1. The quantitative estimate of drug-likeness (QED) is 0.130. The lowest BCUT2D eigenvalue weighted by Crippen LogP contribution is -2.61. The van der Waals surface area contributed by atoms with Crippen LogP contribution >= 0.6 is 30.3 Å². The van der Waals surface area contributed by atoms with Crippen LogP contribution in [0.2, 0.25) is 0 Å². The van der Waals surface area contributed by atoms with Crippen molar-refractivity contribution in [3.05, 3.63) is 108 Å². The van der Waals surface area contributed by atoms with Crippen LogP contribution in [-0.4, -0.2) is 49.3 Å². The Morgan fingerprint density at radius 1 is 0.744 bits per heavy atom. The molecule has 0 saturated carbocycles. The number of halogens is 1. The molecule has 1 aliphatic rings. The third-order valence-electron chi connectivity index (χ3n) is 6.34. The lowest BCUT2D eigenvalue weighted by molar-refractivity contribution is -0.217. The second-order valence-corrected chi connectivity index (χ2v) is 12.5. The Labute approximate surface area is 244 Å². The molecule has 39 heavy (non-hydrogen) atoms. The van der Waals surface area contributed by atoms with Crippen molar-refractivity contribution in [1.82, 2.24) is 5.09 Å². The van der Waals surface area contributed by atoms with Crippen molar-refractivity contribution >= 4 is 30.3 Å². The molecule has 0 spiro atoms. The van der Waals surface area contributed by atoms with Gasteiger partial charge >= 0.3 is 7.75 Å². The zero-order chi connectivity index (χ0) is 27.5. The van der Waals surface area contributed by atoms with Crippen molar-refractivity contribution in [2.24, 2.45) is 0 Å². The maximum Gasteiger partial charge on any atom is 0.407 e. The van der Waals surface area contributed by atoms with E-state index in [-0.39, 0.29) is 10.5 Å². The second kappa shape index (κ2) is 15.4. The molecule has 210 valence electrons. The van der Waals surface area contributed by atoms with Crippen molar-refractivity contribution in [2.75, 3.05) is 20.8 Å². The van der Waals surface area contributed by atoms with Crippen LogP contribution in [0, 0.1) is 0 Å². The van der Waals surface area contributed by atoms with Crippen LogP contribution in [0.1, 0.15) is 16.7 Å². The average Bonchev–Trinajstić information content (AvgIpc) is 2.98. The highest BCUT2D eigenvalue weighted by atomic mass is 127. The molecule has 0 aliphatic carbocycles. The van der Waals surface area contributed by atoms with E-state index in [1.807, 2.05) is 91.0 Å². The summed E-state index contributed by atoms with van der Waals surface area (Å²) in [6, 6.07) is 29.9. The molecule has 1 heterocycles. The van der Waals surface area contributed by atoms with Gasteiger partial charge in [0.2, 0.25) is 0 Å². The molecule has 1 fully saturated rings. The number of hydrogen-bond donors (Lipinski definition) is 1. The number of rotatable bonds is 14. The third-order valence-corrected chi connectivity index (χ3v) is 9.24. The first kappa shape index (κ1) is 30.3. The summed E-state index contributed by atoms with van der Waals surface area (Å²) in [4.78, 5) is 0. The fraction of sp³-hybridized carbons (Fsp3) is 0.379. The average molecular weight is 667 g/mol. The van der Waals surface area contributed by atoms with Gasteiger partial charge in [-0.3, -0.25) is 0 Å². The molecule has 3 aromatic carbocycles. The summed E-state index contributed by atoms with van der Waals surface area (Å²) in [5, 5.41) is 2.93. The van der Waals surface area contributed by atoms with Gasteiger partial charge in [0.05, 0.1) is 30.4 Å². The summed E-state index contributed by atoms with van der Waals surface area (Å²) in [6.07, 6.45) is -2.12. The molecule has 4 rings (SSSR count). The van der Waals surface area contributed by atoms with E-state index < -0.39 is 32.3 Å². The van der Waals surface area contributed by atoms with E-state index in [4.69, 9.17) is 28.0 Å². The Morgan fingerprint density at radius 3 is 1.69 bits per heavy atom. The first-order valence-corrected chi connectivity index (χ1v) is 15.5. The van der Waals surface area contributed by atoms with Crippen LogP contribution in [0.15, 0.2) is 91.0 Å². The van der Waals surface area contributed by atoms with Crippen molar-refractivity contribution in [3.8, 4) is 0 Å². The summed E-state index contributed by atoms with van der Waals surface area (Å²) in [5.74, 6) is 0. The van der Waals surface area contributed by atoms with Crippen LogP contribution in [0.4, 0.5) is 0 Å². The minimum atomic E-state index is -3.59. The minimum Gasteiger partial charge on any atom is -0.374 e. The number of hydrogen-bond acceptors (Lipinski definition) is 7. The zero-order valence-corrected chi connectivity index (χ0v) is 25.1. The van der Waals surface area contributed by atoms with E-state index >= 15 is 0 Å². The SMILES string of the molecule is COP(=O)(N[C@@H]1O[C@H](COCc2ccccc2)[C@@H](OCc2ccccc2)[C@H](OCc2ccccc2)[C@H]1I)OC. The van der Waals surface area contributed by atoms with Gasteiger partial charge in [-0.05, 0) is 16.7 Å². The Kier molecular flexibility index (Phi) is 11.9. The van der Waals surface area contributed by atoms with Crippen molar-refractivity contribution in [1.29, 1.82) is 0 Å². The first-order valence-electron chi connectivity index (χ1n) is 12.7. The van der Waals surface area contributed by atoms with Crippen LogP contribution in [0.5, 0.6) is 0 Å². The molecule has 3 aromatic rings. The molecule has 1 aliphatic heterocycles. The highest BCUT2D eigenvalue weighted by molar-refractivity contribution is 14.1. The smallest absolute Gasteiger partial charge is 0.374 e. The lowest BCUT2D eigenvalue weighted by Gasteiger charge is -2.45. The number of nitrogens with one attached hydrogen (secondary N) is 1. The monoisotopic (exact) mass is 667 g/mol. The molecule has 1 saturated heterocycles. The molecule has 0 radical (unpaired) electrons. The largest absolute Gasteiger partial charge is 0.407 e. The standard InChI is InChI=1S/C29H35INO7P/c1-33-39(32,34-2)31-29-26(30)28(37-20-24-16-10-5-11-17-24)27(36-19-23-14-8-4-9-15-23)25(38-29)21-35-18-22-12-6-3-7-13-22/h3-17,25-29H,18-21H2,1-2H3,(H,31,32)/t25-,26-,27-,28-,29-/m1/s1. The maximum atomic E-state index is 13.0. The molecule has 0 bridgehead atoms. The highest BCUT2D eigenvalue weighted by Crippen LogP contribution is 2.44. The predicted octanol–water partition coefficient (Wildman–Crippen LogP) is 5.89. The van der Waals surface area contributed by atoms with Gasteiger partial charge in [-0.15, -0.1) is 0 Å².